The minimum Gasteiger partial charge on any atom is -0.462 e. The van der Waals surface area contributed by atoms with Crippen LogP contribution in [0.3, 0.4) is 0 Å². The molecule has 0 bridgehead atoms. The van der Waals surface area contributed by atoms with Gasteiger partial charge in [-0.15, -0.1) is 0 Å². The van der Waals surface area contributed by atoms with Crippen molar-refractivity contribution >= 4 is 5.97 Å². The van der Waals surface area contributed by atoms with Gasteiger partial charge < -0.3 is 10.1 Å². The summed E-state index contributed by atoms with van der Waals surface area (Å²) in [5, 5.41) is 7.27. The summed E-state index contributed by atoms with van der Waals surface area (Å²) in [7, 11) is 1.89. The molecule has 0 spiro atoms. The van der Waals surface area contributed by atoms with Gasteiger partial charge in [0.2, 0.25) is 0 Å². The van der Waals surface area contributed by atoms with Crippen LogP contribution in [-0.4, -0.2) is 34.4 Å². The number of rotatable bonds is 5. The van der Waals surface area contributed by atoms with Crippen LogP contribution in [-0.2, 0) is 4.74 Å². The molecule has 0 saturated carbocycles. The van der Waals surface area contributed by atoms with E-state index in [-0.39, 0.29) is 12.0 Å². The molecule has 6 heteroatoms. The van der Waals surface area contributed by atoms with Gasteiger partial charge in [0.15, 0.2) is 0 Å². The van der Waals surface area contributed by atoms with Crippen molar-refractivity contribution in [3.63, 3.8) is 0 Å². The van der Waals surface area contributed by atoms with Crippen molar-refractivity contribution in [1.29, 1.82) is 0 Å². The molecule has 106 valence electrons. The zero-order chi connectivity index (χ0) is 14.5. The highest BCUT2D eigenvalue weighted by Gasteiger charge is 2.10. The minimum absolute atomic E-state index is 0.191. The number of esters is 1. The molecule has 0 aliphatic heterocycles. The van der Waals surface area contributed by atoms with Gasteiger partial charge in [-0.05, 0) is 33.0 Å². The number of hydrogen-bond donors (Lipinski definition) is 1. The summed E-state index contributed by atoms with van der Waals surface area (Å²) < 4.78 is 6.53. The topological polar surface area (TPSA) is 69.0 Å². The normalized spacial score (nSPS) is 12.2. The molecule has 2 aromatic rings. The third kappa shape index (κ3) is 3.03. The van der Waals surface area contributed by atoms with Crippen molar-refractivity contribution in [2.75, 3.05) is 13.7 Å². The van der Waals surface area contributed by atoms with Crippen LogP contribution < -0.4 is 5.32 Å². The summed E-state index contributed by atoms with van der Waals surface area (Å²) >= 11 is 0. The largest absolute Gasteiger partial charge is 0.462 e. The van der Waals surface area contributed by atoms with Crippen LogP contribution >= 0.6 is 0 Å². The first kappa shape index (κ1) is 14.2. The average Bonchev–Trinajstić information content (AvgIpc) is 2.97. The van der Waals surface area contributed by atoms with Crippen LogP contribution in [0.1, 0.15) is 35.9 Å². The average molecular weight is 274 g/mol. The maximum atomic E-state index is 11.6. The molecule has 0 fully saturated rings. The van der Waals surface area contributed by atoms with Crippen LogP contribution in [0.15, 0.2) is 30.7 Å². The van der Waals surface area contributed by atoms with Crippen molar-refractivity contribution in [2.45, 2.75) is 19.9 Å². The molecule has 1 unspecified atom stereocenters. The van der Waals surface area contributed by atoms with Crippen molar-refractivity contribution < 1.29 is 9.53 Å². The van der Waals surface area contributed by atoms with Crippen LogP contribution in [0.5, 0.6) is 0 Å². The Morgan fingerprint density at radius 2 is 2.25 bits per heavy atom. The summed E-state index contributed by atoms with van der Waals surface area (Å²) in [6.07, 6.45) is 4.85. The highest BCUT2D eigenvalue weighted by Crippen LogP contribution is 2.12. The lowest BCUT2D eigenvalue weighted by Gasteiger charge is -2.09. The number of nitrogens with one attached hydrogen (secondary N) is 1. The Balaban J connectivity index is 2.18. The summed E-state index contributed by atoms with van der Waals surface area (Å²) in [4.78, 5) is 15.9. The molecule has 0 aliphatic carbocycles. The second-order valence-corrected chi connectivity index (χ2v) is 4.35. The van der Waals surface area contributed by atoms with E-state index in [2.05, 4.69) is 15.4 Å². The molecule has 2 rings (SSSR count). The van der Waals surface area contributed by atoms with Gasteiger partial charge in [0.1, 0.15) is 0 Å². The predicted molar refractivity (Wildman–Crippen MR) is 74.8 cm³/mol. The molecule has 0 amide bonds. The van der Waals surface area contributed by atoms with Crippen LogP contribution in [0.2, 0.25) is 0 Å². The van der Waals surface area contributed by atoms with Gasteiger partial charge >= 0.3 is 5.97 Å². The van der Waals surface area contributed by atoms with Crippen LogP contribution in [0.25, 0.3) is 5.69 Å². The van der Waals surface area contributed by atoms with Gasteiger partial charge in [-0.1, -0.05) is 0 Å². The lowest BCUT2D eigenvalue weighted by molar-refractivity contribution is 0.0526. The first-order chi connectivity index (χ1) is 9.65. The van der Waals surface area contributed by atoms with E-state index in [0.29, 0.717) is 12.2 Å². The third-order valence-electron chi connectivity index (χ3n) is 3.01. The number of nitrogens with zero attached hydrogens (tertiary/aromatic N) is 3. The van der Waals surface area contributed by atoms with E-state index >= 15 is 0 Å². The standard InChI is InChI=1S/C14H18N4O2/c1-4-20-14(19)11-7-17-18(9-11)12-5-6-13(16-8-12)10(2)15-3/h5-10,15H,4H2,1-3H3. The quantitative estimate of drug-likeness (QED) is 0.841. The monoisotopic (exact) mass is 274 g/mol. The Morgan fingerprint density at radius 1 is 1.45 bits per heavy atom. The van der Waals surface area contributed by atoms with Gasteiger partial charge in [-0.25, -0.2) is 9.48 Å². The van der Waals surface area contributed by atoms with Crippen molar-refractivity contribution in [2.24, 2.45) is 0 Å². The fourth-order valence-electron chi connectivity index (χ4n) is 1.72. The fourth-order valence-corrected chi connectivity index (χ4v) is 1.72. The summed E-state index contributed by atoms with van der Waals surface area (Å²) in [6.45, 7) is 4.16. The number of carbonyl (C=O) groups is 1. The summed E-state index contributed by atoms with van der Waals surface area (Å²) in [5.74, 6) is -0.368. The Morgan fingerprint density at radius 3 is 2.85 bits per heavy atom. The number of carbonyl (C=O) groups excluding carboxylic acids is 1. The molecule has 2 aromatic heterocycles. The Bertz CT molecular complexity index is 577. The molecule has 6 nitrogen and oxygen atoms in total. The Kier molecular flexibility index (Phi) is 4.47. The van der Waals surface area contributed by atoms with Crippen molar-refractivity contribution in [3.8, 4) is 5.69 Å². The van der Waals surface area contributed by atoms with E-state index in [9.17, 15) is 4.79 Å². The number of hydrogen-bond acceptors (Lipinski definition) is 5. The molecule has 2 heterocycles. The third-order valence-corrected chi connectivity index (χ3v) is 3.01. The maximum Gasteiger partial charge on any atom is 0.341 e. The van der Waals surface area contributed by atoms with Crippen molar-refractivity contribution in [1.82, 2.24) is 20.1 Å². The summed E-state index contributed by atoms with van der Waals surface area (Å²) in [5.41, 5.74) is 2.18. The highest BCUT2D eigenvalue weighted by molar-refractivity contribution is 5.88. The van der Waals surface area contributed by atoms with Gasteiger partial charge in [-0.3, -0.25) is 4.98 Å². The van der Waals surface area contributed by atoms with Crippen LogP contribution in [0.4, 0.5) is 0 Å². The minimum atomic E-state index is -0.368. The lowest BCUT2D eigenvalue weighted by Crippen LogP contribution is -2.13. The first-order valence-electron chi connectivity index (χ1n) is 6.51. The van der Waals surface area contributed by atoms with E-state index in [1.165, 1.54) is 6.20 Å². The second kappa shape index (κ2) is 6.29. The highest BCUT2D eigenvalue weighted by atomic mass is 16.5. The zero-order valence-electron chi connectivity index (χ0n) is 11.8. The van der Waals surface area contributed by atoms with Crippen molar-refractivity contribution in [3.05, 3.63) is 42.0 Å². The van der Waals surface area contributed by atoms with Gasteiger partial charge in [-0.2, -0.15) is 5.10 Å². The lowest BCUT2D eigenvalue weighted by atomic mass is 10.2. The Labute approximate surface area is 117 Å². The van der Waals surface area contributed by atoms with E-state index in [0.717, 1.165) is 11.4 Å². The SMILES string of the molecule is CCOC(=O)c1cnn(-c2ccc(C(C)NC)nc2)c1. The zero-order valence-corrected chi connectivity index (χ0v) is 11.8. The number of pyridine rings is 1. The second-order valence-electron chi connectivity index (χ2n) is 4.35. The van der Waals surface area contributed by atoms with E-state index in [1.807, 2.05) is 26.1 Å². The molecular weight excluding hydrogens is 256 g/mol. The van der Waals surface area contributed by atoms with Gasteiger partial charge in [0, 0.05) is 12.2 Å². The molecule has 0 aliphatic rings. The molecule has 1 atom stereocenters. The smallest absolute Gasteiger partial charge is 0.341 e. The van der Waals surface area contributed by atoms with E-state index in [1.54, 1.807) is 24.0 Å². The number of aromatic nitrogens is 3. The molecule has 0 saturated heterocycles. The van der Waals surface area contributed by atoms with E-state index < -0.39 is 0 Å². The molecule has 0 aromatic carbocycles. The number of ether oxygens (including phenoxy) is 1. The molecule has 20 heavy (non-hydrogen) atoms. The molecular formula is C14H18N4O2. The van der Waals surface area contributed by atoms with E-state index in [4.69, 9.17) is 4.74 Å². The fraction of sp³-hybridized carbons (Fsp3) is 0.357. The molecule has 1 N–H and O–H groups in total. The molecule has 0 radical (unpaired) electrons. The summed E-state index contributed by atoms with van der Waals surface area (Å²) in [6, 6.07) is 4.04. The maximum absolute atomic E-state index is 11.6. The van der Waals surface area contributed by atoms with Gasteiger partial charge in [0.05, 0.1) is 35.9 Å². The van der Waals surface area contributed by atoms with Gasteiger partial charge in [0.25, 0.3) is 0 Å². The predicted octanol–water partition coefficient (Wildman–Crippen LogP) is 1.72. The Hall–Kier alpha value is -2.21. The first-order valence-corrected chi connectivity index (χ1v) is 6.51. The van der Waals surface area contributed by atoms with Crippen LogP contribution in [0, 0.1) is 0 Å².